The number of aromatic nitrogens is 2. The second-order valence-corrected chi connectivity index (χ2v) is 4.11. The van der Waals surface area contributed by atoms with Crippen LogP contribution in [0.3, 0.4) is 0 Å². The molecule has 2 rings (SSSR count). The molecule has 0 aliphatic carbocycles. The summed E-state index contributed by atoms with van der Waals surface area (Å²) < 4.78 is 0. The van der Waals surface area contributed by atoms with Gasteiger partial charge in [0.2, 0.25) is 11.9 Å². The molecule has 1 amide bonds. The van der Waals surface area contributed by atoms with E-state index in [9.17, 15) is 4.79 Å². The van der Waals surface area contributed by atoms with Crippen LogP contribution in [0.15, 0.2) is 6.20 Å². The molecule has 1 aliphatic rings. The van der Waals surface area contributed by atoms with E-state index in [0.29, 0.717) is 42.8 Å². The zero-order valence-electron chi connectivity index (χ0n) is 9.53. The van der Waals surface area contributed by atoms with Gasteiger partial charge in [0.05, 0.1) is 6.20 Å². The van der Waals surface area contributed by atoms with Crippen molar-refractivity contribution < 1.29 is 4.79 Å². The van der Waals surface area contributed by atoms with Crippen molar-refractivity contribution in [2.75, 3.05) is 36.9 Å². The van der Waals surface area contributed by atoms with Gasteiger partial charge in [0.25, 0.3) is 0 Å². The van der Waals surface area contributed by atoms with E-state index in [0.717, 1.165) is 0 Å². The van der Waals surface area contributed by atoms with Crippen LogP contribution in [0.4, 0.5) is 11.8 Å². The van der Waals surface area contributed by atoms with E-state index >= 15 is 0 Å². The lowest BCUT2D eigenvalue weighted by atomic mass is 10.3. The molecule has 1 saturated heterocycles. The third kappa shape index (κ3) is 2.76. The fraction of sp³-hybridized carbons (Fsp3) is 0.500. The largest absolute Gasteiger partial charge is 0.357 e. The van der Waals surface area contributed by atoms with Crippen LogP contribution in [-0.2, 0) is 4.79 Å². The quantitative estimate of drug-likeness (QED) is 0.805. The molecule has 2 heterocycles. The second kappa shape index (κ2) is 5.18. The molecule has 0 radical (unpaired) electrons. The van der Waals surface area contributed by atoms with Crippen LogP contribution in [0.25, 0.3) is 0 Å². The van der Waals surface area contributed by atoms with E-state index in [4.69, 9.17) is 11.6 Å². The molecule has 0 bridgehead atoms. The van der Waals surface area contributed by atoms with Crippen molar-refractivity contribution in [3.8, 4) is 0 Å². The van der Waals surface area contributed by atoms with Gasteiger partial charge in [0.1, 0.15) is 5.02 Å². The maximum Gasteiger partial charge on any atom is 0.224 e. The van der Waals surface area contributed by atoms with Crippen molar-refractivity contribution in [1.82, 2.24) is 15.3 Å². The van der Waals surface area contributed by atoms with Gasteiger partial charge >= 0.3 is 0 Å². The van der Waals surface area contributed by atoms with E-state index < -0.39 is 0 Å². The van der Waals surface area contributed by atoms with Gasteiger partial charge < -0.3 is 15.5 Å². The summed E-state index contributed by atoms with van der Waals surface area (Å²) in [6, 6.07) is 0. The highest BCUT2D eigenvalue weighted by molar-refractivity contribution is 6.32. The third-order valence-corrected chi connectivity index (χ3v) is 2.83. The highest BCUT2D eigenvalue weighted by Crippen LogP contribution is 2.24. The summed E-state index contributed by atoms with van der Waals surface area (Å²) in [6.45, 7) is 1.92. The SMILES string of the molecule is CNc1ncc(Cl)c(N2CCNC(=O)CC2)n1. The molecular weight excluding hydrogens is 242 g/mol. The van der Waals surface area contributed by atoms with Crippen molar-refractivity contribution in [2.24, 2.45) is 0 Å². The first-order valence-corrected chi connectivity index (χ1v) is 5.80. The number of halogens is 1. The molecule has 92 valence electrons. The van der Waals surface area contributed by atoms with Crippen molar-refractivity contribution >= 4 is 29.3 Å². The molecule has 1 aromatic heterocycles. The number of carbonyl (C=O) groups excluding carboxylic acids is 1. The van der Waals surface area contributed by atoms with Crippen molar-refractivity contribution in [1.29, 1.82) is 0 Å². The summed E-state index contributed by atoms with van der Waals surface area (Å²) in [7, 11) is 1.75. The zero-order valence-corrected chi connectivity index (χ0v) is 10.3. The predicted molar refractivity (Wildman–Crippen MR) is 66.4 cm³/mol. The summed E-state index contributed by atoms with van der Waals surface area (Å²) in [5.74, 6) is 1.25. The van der Waals surface area contributed by atoms with Crippen molar-refractivity contribution in [2.45, 2.75) is 6.42 Å². The number of amides is 1. The first kappa shape index (κ1) is 11.9. The average molecular weight is 256 g/mol. The van der Waals surface area contributed by atoms with Gasteiger partial charge in [-0.1, -0.05) is 11.6 Å². The monoisotopic (exact) mass is 255 g/mol. The van der Waals surface area contributed by atoms with E-state index in [1.54, 1.807) is 13.2 Å². The smallest absolute Gasteiger partial charge is 0.224 e. The highest BCUT2D eigenvalue weighted by atomic mass is 35.5. The lowest BCUT2D eigenvalue weighted by molar-refractivity contribution is -0.120. The number of anilines is 2. The standard InChI is InChI=1S/C10H14ClN5O/c1-12-10-14-6-7(11)9(15-10)16-4-2-8(17)13-3-5-16/h6H,2-5H2,1H3,(H,13,17)(H,12,14,15). The molecule has 17 heavy (non-hydrogen) atoms. The van der Waals surface area contributed by atoms with E-state index in [2.05, 4.69) is 20.6 Å². The van der Waals surface area contributed by atoms with Gasteiger partial charge in [-0.15, -0.1) is 0 Å². The van der Waals surface area contributed by atoms with E-state index in [1.165, 1.54) is 0 Å². The van der Waals surface area contributed by atoms with Gasteiger partial charge in [-0.2, -0.15) is 4.98 Å². The first-order valence-electron chi connectivity index (χ1n) is 5.42. The molecule has 0 unspecified atom stereocenters. The fourth-order valence-corrected chi connectivity index (χ4v) is 1.89. The Balaban J connectivity index is 2.22. The zero-order chi connectivity index (χ0) is 12.3. The summed E-state index contributed by atoms with van der Waals surface area (Å²) in [5.41, 5.74) is 0. The maximum atomic E-state index is 11.3. The normalized spacial score (nSPS) is 16.4. The van der Waals surface area contributed by atoms with Crippen LogP contribution in [0.5, 0.6) is 0 Å². The number of nitrogens with zero attached hydrogens (tertiary/aromatic N) is 3. The number of nitrogens with one attached hydrogen (secondary N) is 2. The molecule has 0 aromatic carbocycles. The van der Waals surface area contributed by atoms with Gasteiger partial charge in [-0.25, -0.2) is 4.98 Å². The Bertz CT molecular complexity index is 425. The third-order valence-electron chi connectivity index (χ3n) is 2.56. The molecule has 7 heteroatoms. The van der Waals surface area contributed by atoms with Crippen molar-refractivity contribution in [3.05, 3.63) is 11.2 Å². The number of carbonyl (C=O) groups is 1. The summed E-state index contributed by atoms with van der Waals surface area (Å²) in [6.07, 6.45) is 2.02. The van der Waals surface area contributed by atoms with Gasteiger partial charge in [0.15, 0.2) is 5.82 Å². The lowest BCUT2D eigenvalue weighted by Gasteiger charge is -2.21. The minimum absolute atomic E-state index is 0.0616. The molecule has 1 aliphatic heterocycles. The van der Waals surface area contributed by atoms with Gasteiger partial charge in [0, 0.05) is 33.1 Å². The average Bonchev–Trinajstić information content (AvgIpc) is 2.55. The molecule has 1 aromatic rings. The van der Waals surface area contributed by atoms with Gasteiger partial charge in [-0.3, -0.25) is 4.79 Å². The van der Waals surface area contributed by atoms with Gasteiger partial charge in [-0.05, 0) is 0 Å². The van der Waals surface area contributed by atoms with Crippen LogP contribution in [0.1, 0.15) is 6.42 Å². The molecule has 2 N–H and O–H groups in total. The van der Waals surface area contributed by atoms with Crippen LogP contribution < -0.4 is 15.5 Å². The molecule has 1 fully saturated rings. The Morgan fingerprint density at radius 2 is 2.35 bits per heavy atom. The lowest BCUT2D eigenvalue weighted by Crippen LogP contribution is -2.29. The van der Waals surface area contributed by atoms with E-state index in [-0.39, 0.29) is 5.91 Å². The topological polar surface area (TPSA) is 70.2 Å². The predicted octanol–water partition coefficient (Wildman–Crippen LogP) is 0.498. The minimum atomic E-state index is 0.0616. The van der Waals surface area contributed by atoms with Crippen LogP contribution >= 0.6 is 11.6 Å². The number of rotatable bonds is 2. The Morgan fingerprint density at radius 1 is 1.53 bits per heavy atom. The summed E-state index contributed by atoms with van der Waals surface area (Å²) in [5, 5.41) is 6.18. The molecule has 6 nitrogen and oxygen atoms in total. The van der Waals surface area contributed by atoms with Crippen LogP contribution in [0.2, 0.25) is 5.02 Å². The minimum Gasteiger partial charge on any atom is -0.357 e. The Labute approximate surface area is 104 Å². The fourth-order valence-electron chi connectivity index (χ4n) is 1.68. The van der Waals surface area contributed by atoms with Crippen molar-refractivity contribution in [3.63, 3.8) is 0 Å². The molecule has 0 atom stereocenters. The molecular formula is C10H14ClN5O. The molecule has 0 spiro atoms. The van der Waals surface area contributed by atoms with Crippen LogP contribution in [-0.4, -0.2) is 42.6 Å². The maximum absolute atomic E-state index is 11.3. The Hall–Kier alpha value is -1.56. The number of hydrogen-bond acceptors (Lipinski definition) is 5. The summed E-state index contributed by atoms with van der Waals surface area (Å²) in [4.78, 5) is 21.6. The number of hydrogen-bond donors (Lipinski definition) is 2. The molecule has 0 saturated carbocycles. The Morgan fingerprint density at radius 3 is 3.12 bits per heavy atom. The second-order valence-electron chi connectivity index (χ2n) is 3.70. The Kier molecular flexibility index (Phi) is 3.63. The van der Waals surface area contributed by atoms with Crippen LogP contribution in [0, 0.1) is 0 Å². The summed E-state index contributed by atoms with van der Waals surface area (Å²) >= 11 is 6.08. The highest BCUT2D eigenvalue weighted by Gasteiger charge is 2.17. The first-order chi connectivity index (χ1) is 8.20. The van der Waals surface area contributed by atoms with E-state index in [1.807, 2.05) is 4.90 Å².